The van der Waals surface area contributed by atoms with Crippen molar-refractivity contribution >= 4 is 44.9 Å². The van der Waals surface area contributed by atoms with Gasteiger partial charge < -0.3 is 14.2 Å². The Balaban J connectivity index is 1.67. The minimum Gasteiger partial charge on any atom is -0.496 e. The van der Waals surface area contributed by atoms with E-state index in [0.29, 0.717) is 37.7 Å². The van der Waals surface area contributed by atoms with Crippen molar-refractivity contribution < 1.29 is 19.0 Å². The molecule has 0 saturated heterocycles. The summed E-state index contributed by atoms with van der Waals surface area (Å²) in [4.78, 5) is 33.1. The third-order valence-electron chi connectivity index (χ3n) is 7.46. The van der Waals surface area contributed by atoms with Gasteiger partial charge in [-0.1, -0.05) is 77.9 Å². The highest BCUT2D eigenvalue weighted by atomic mass is 32.1. The van der Waals surface area contributed by atoms with Crippen molar-refractivity contribution in [3.63, 3.8) is 0 Å². The lowest BCUT2D eigenvalue weighted by atomic mass is 9.90. The fourth-order valence-corrected chi connectivity index (χ4v) is 6.63. The summed E-state index contributed by atoms with van der Waals surface area (Å²) in [7, 11) is 1.58. The molecule has 0 unspecified atom stereocenters. The Labute approximate surface area is 252 Å². The lowest BCUT2D eigenvalue weighted by Gasteiger charge is -2.27. The van der Waals surface area contributed by atoms with Crippen molar-refractivity contribution in [2.75, 3.05) is 20.3 Å². The number of ether oxygens (including phenoxy) is 3. The van der Waals surface area contributed by atoms with Gasteiger partial charge in [0.1, 0.15) is 24.1 Å². The molecule has 0 spiro atoms. The van der Waals surface area contributed by atoms with Crippen LogP contribution in [0.1, 0.15) is 31.0 Å². The minimum atomic E-state index is -0.830. The summed E-state index contributed by atoms with van der Waals surface area (Å²) in [6.07, 6.45) is 7.30. The van der Waals surface area contributed by atoms with Crippen molar-refractivity contribution in [3.05, 3.63) is 115 Å². The Morgan fingerprint density at radius 2 is 1.70 bits per heavy atom. The number of nitrogens with zero attached hydrogens (tertiary/aromatic N) is 2. The molecule has 43 heavy (non-hydrogen) atoms. The molecule has 8 heteroatoms. The number of thiazole rings is 1. The minimum absolute atomic E-state index is 0.0867. The predicted octanol–water partition coefficient (Wildman–Crippen LogP) is 5.13. The summed E-state index contributed by atoms with van der Waals surface area (Å²) in [5, 5.41) is 3.72. The first-order valence-corrected chi connectivity index (χ1v) is 14.6. The number of allylic oxidation sites excluding steroid dienone is 1. The number of carbonyl (C=O) groups is 1. The number of hydrogen-bond acceptors (Lipinski definition) is 7. The molecule has 0 aliphatic carbocycles. The van der Waals surface area contributed by atoms with Crippen LogP contribution in [0.15, 0.2) is 93.9 Å². The molecule has 0 N–H and O–H groups in total. The van der Waals surface area contributed by atoms with Gasteiger partial charge in [0.05, 0.1) is 29.5 Å². The summed E-state index contributed by atoms with van der Waals surface area (Å²) in [6, 6.07) is 22.5. The Hall–Kier alpha value is -5.13. The van der Waals surface area contributed by atoms with Gasteiger partial charge in [-0.25, -0.2) is 9.79 Å². The van der Waals surface area contributed by atoms with E-state index in [1.165, 1.54) is 11.3 Å². The van der Waals surface area contributed by atoms with E-state index in [0.717, 1.165) is 27.1 Å². The van der Waals surface area contributed by atoms with E-state index >= 15 is 0 Å². The molecule has 1 aliphatic heterocycles. The Bertz CT molecular complexity index is 2170. The number of terminal acetylenes is 1. The van der Waals surface area contributed by atoms with E-state index < -0.39 is 12.0 Å². The normalized spacial score (nSPS) is 14.7. The lowest BCUT2D eigenvalue weighted by Crippen LogP contribution is -2.40. The van der Waals surface area contributed by atoms with E-state index in [-0.39, 0.29) is 18.8 Å². The van der Waals surface area contributed by atoms with Crippen LogP contribution < -0.4 is 24.4 Å². The fourth-order valence-electron chi connectivity index (χ4n) is 5.60. The molecule has 0 amide bonds. The summed E-state index contributed by atoms with van der Waals surface area (Å²) >= 11 is 1.25. The molecular weight excluding hydrogens is 560 g/mol. The second-order valence-electron chi connectivity index (χ2n) is 9.90. The van der Waals surface area contributed by atoms with Crippen molar-refractivity contribution in [1.29, 1.82) is 0 Å². The molecule has 5 aromatic rings. The summed E-state index contributed by atoms with van der Waals surface area (Å²) in [5.41, 5.74) is 1.90. The Kier molecular flexibility index (Phi) is 7.58. The largest absolute Gasteiger partial charge is 0.496 e. The van der Waals surface area contributed by atoms with Crippen LogP contribution in [0.2, 0.25) is 0 Å². The highest BCUT2D eigenvalue weighted by Gasteiger charge is 2.36. The average Bonchev–Trinajstić information content (AvgIpc) is 3.33. The van der Waals surface area contributed by atoms with Crippen LogP contribution in [-0.4, -0.2) is 30.9 Å². The molecule has 6 rings (SSSR count). The average molecular weight is 589 g/mol. The second-order valence-corrected chi connectivity index (χ2v) is 10.9. The maximum atomic E-state index is 14.4. The molecular formula is C35H28N2O5S. The SMILES string of the molecule is C#CCOc1ccc2ccccc2c1/C=c1\sc2n(c1=O)[C@@H](c1c(OC)ccc3ccccc13)C(C(=O)OCC)=C(C)N=2. The van der Waals surface area contributed by atoms with Crippen LogP contribution in [0.25, 0.3) is 27.6 Å². The van der Waals surface area contributed by atoms with Gasteiger partial charge in [0, 0.05) is 11.1 Å². The van der Waals surface area contributed by atoms with Crippen LogP contribution in [0, 0.1) is 12.3 Å². The van der Waals surface area contributed by atoms with Crippen molar-refractivity contribution in [2.45, 2.75) is 19.9 Å². The molecule has 214 valence electrons. The Morgan fingerprint density at radius 3 is 2.40 bits per heavy atom. The molecule has 0 bridgehead atoms. The number of methoxy groups -OCH3 is 1. The van der Waals surface area contributed by atoms with Crippen molar-refractivity contribution in [1.82, 2.24) is 4.57 Å². The maximum absolute atomic E-state index is 14.4. The Morgan fingerprint density at radius 1 is 1.02 bits per heavy atom. The summed E-state index contributed by atoms with van der Waals surface area (Å²) in [6.45, 7) is 3.79. The van der Waals surface area contributed by atoms with E-state index in [1.54, 1.807) is 25.5 Å². The van der Waals surface area contributed by atoms with Crippen LogP contribution in [0.3, 0.4) is 0 Å². The fraction of sp³-hybridized carbons (Fsp3) is 0.171. The first-order valence-electron chi connectivity index (χ1n) is 13.8. The number of rotatable bonds is 7. The van der Waals surface area contributed by atoms with Crippen LogP contribution in [-0.2, 0) is 9.53 Å². The number of benzene rings is 4. The van der Waals surface area contributed by atoms with Crippen molar-refractivity contribution in [2.24, 2.45) is 4.99 Å². The highest BCUT2D eigenvalue weighted by molar-refractivity contribution is 7.07. The first-order chi connectivity index (χ1) is 21.0. The van der Waals surface area contributed by atoms with E-state index in [1.807, 2.05) is 78.9 Å². The topological polar surface area (TPSA) is 79.1 Å². The van der Waals surface area contributed by atoms with Gasteiger partial charge in [-0.15, -0.1) is 6.42 Å². The first kappa shape index (κ1) is 28.0. The zero-order valence-corrected chi connectivity index (χ0v) is 24.7. The molecule has 2 heterocycles. The van der Waals surface area contributed by atoms with Gasteiger partial charge in [-0.3, -0.25) is 9.36 Å². The van der Waals surface area contributed by atoms with Crippen LogP contribution >= 0.6 is 11.3 Å². The van der Waals surface area contributed by atoms with Gasteiger partial charge in [0.2, 0.25) is 0 Å². The van der Waals surface area contributed by atoms with E-state index in [4.69, 9.17) is 25.6 Å². The number of fused-ring (bicyclic) bond motifs is 3. The third kappa shape index (κ3) is 4.88. The standard InChI is InChI=1S/C35H28N2O5S/c1-5-19-42-27-17-15-22-11-7-9-13-24(22)26(27)20-29-33(38)37-32(30(34(39)41-6-2)21(3)36-35(37)43-29)31-25-14-10-8-12-23(25)16-18-28(31)40-4/h1,7-18,20,32H,6,19H2,2-4H3/b29-20-/t32-/m1/s1. The van der Waals surface area contributed by atoms with Crippen LogP contribution in [0.5, 0.6) is 11.5 Å². The molecule has 1 atom stereocenters. The quantitative estimate of drug-likeness (QED) is 0.195. The number of aromatic nitrogens is 1. The molecule has 7 nitrogen and oxygen atoms in total. The van der Waals surface area contributed by atoms with Gasteiger partial charge >= 0.3 is 5.97 Å². The molecule has 1 aromatic heterocycles. The zero-order valence-electron chi connectivity index (χ0n) is 23.9. The maximum Gasteiger partial charge on any atom is 0.338 e. The van der Waals surface area contributed by atoms with Gasteiger partial charge in [-0.2, -0.15) is 0 Å². The summed E-state index contributed by atoms with van der Waals surface area (Å²) < 4.78 is 19.2. The lowest BCUT2D eigenvalue weighted by molar-refractivity contribution is -0.139. The molecule has 0 radical (unpaired) electrons. The van der Waals surface area contributed by atoms with Gasteiger partial charge in [-0.05, 0) is 53.6 Å². The molecule has 4 aromatic carbocycles. The van der Waals surface area contributed by atoms with E-state index in [9.17, 15) is 9.59 Å². The third-order valence-corrected chi connectivity index (χ3v) is 8.44. The number of hydrogen-bond donors (Lipinski definition) is 0. The second kappa shape index (κ2) is 11.6. The number of carbonyl (C=O) groups excluding carboxylic acids is 1. The van der Waals surface area contributed by atoms with Gasteiger partial charge in [0.15, 0.2) is 4.80 Å². The monoisotopic (exact) mass is 588 g/mol. The van der Waals surface area contributed by atoms with Crippen LogP contribution in [0.4, 0.5) is 0 Å². The molecule has 0 fully saturated rings. The predicted molar refractivity (Wildman–Crippen MR) is 169 cm³/mol. The number of esters is 1. The van der Waals surface area contributed by atoms with Crippen molar-refractivity contribution in [3.8, 4) is 23.8 Å². The molecule has 1 aliphatic rings. The smallest absolute Gasteiger partial charge is 0.338 e. The zero-order chi connectivity index (χ0) is 30.1. The highest BCUT2D eigenvalue weighted by Crippen LogP contribution is 2.40. The molecule has 0 saturated carbocycles. The van der Waals surface area contributed by atoms with Gasteiger partial charge in [0.25, 0.3) is 5.56 Å². The summed E-state index contributed by atoms with van der Waals surface area (Å²) in [5.74, 6) is 3.10. The van der Waals surface area contributed by atoms with E-state index in [2.05, 4.69) is 5.92 Å².